The highest BCUT2D eigenvalue weighted by Gasteiger charge is 2.04. The van der Waals surface area contributed by atoms with Crippen LogP contribution in [0.15, 0.2) is 293 Å². The summed E-state index contributed by atoms with van der Waals surface area (Å²) in [6.45, 7) is 0. The minimum atomic E-state index is -3.44. The average Bonchev–Trinajstić information content (AvgIpc) is 3.42. The van der Waals surface area contributed by atoms with Gasteiger partial charge in [0.15, 0.2) is 0 Å². The summed E-state index contributed by atoms with van der Waals surface area (Å²) in [6.07, 6.45) is 28.3. The third-order valence-electron chi connectivity index (χ3n) is 11.3. The van der Waals surface area contributed by atoms with E-state index in [1.807, 2.05) is 194 Å². The summed E-state index contributed by atoms with van der Waals surface area (Å²) in [4.78, 5) is 75.5. The Morgan fingerprint density at radius 1 is 0.174 bits per heavy atom. The fraction of sp³-hybridized carbons (Fsp3) is 0. The second-order valence-electron chi connectivity index (χ2n) is 17.2. The number of carbonyl (C=O) groups is 1. The van der Waals surface area contributed by atoms with Crippen LogP contribution in [0.3, 0.4) is 0 Å². The summed E-state index contributed by atoms with van der Waals surface area (Å²) in [5, 5.41) is 0. The number of thiol groups is 2. The minimum Gasteiger partial charge on any atom is -0.412 e. The maximum atomic E-state index is 9.65. The van der Waals surface area contributed by atoms with Crippen LogP contribution in [0.4, 0.5) is 4.79 Å². The van der Waals surface area contributed by atoms with Gasteiger partial charge in [0, 0.05) is 99.1 Å². The molecule has 464 valence electrons. The van der Waals surface area contributed by atoms with Gasteiger partial charge < -0.3 is 21.9 Å². The Balaban J connectivity index is 0.000000220. The van der Waals surface area contributed by atoms with Gasteiger partial charge in [0.1, 0.15) is 0 Å². The number of hydrogen-bond acceptors (Lipinski definition) is 21. The van der Waals surface area contributed by atoms with E-state index in [2.05, 4.69) is 79.7 Å². The maximum absolute atomic E-state index is 9.65. The standard InChI is InChI=1S/8C8H6N2.CH2O5S2.4H2O/c8*1-3-7-8(9-5-1)4-2-6-10-7;2-1(7(3)4)8(5)6;;;;/h8*1-6H;7-8H;4*1H2. The predicted molar refractivity (Wildman–Crippen MR) is 357 cm³/mol. The minimum absolute atomic E-state index is 0. The van der Waals surface area contributed by atoms with Gasteiger partial charge >= 0.3 is 4.45 Å². The Hall–Kier alpha value is -12.1. The molecule has 16 rings (SSSR count). The molecule has 25 nitrogen and oxygen atoms in total. The fourth-order valence-electron chi connectivity index (χ4n) is 7.30. The molecule has 16 aromatic heterocycles. The average molecular weight is 1270 g/mol. The monoisotopic (exact) mass is 1270 g/mol. The lowest BCUT2D eigenvalue weighted by atomic mass is 10.3. The van der Waals surface area contributed by atoms with E-state index in [0.717, 1.165) is 88.3 Å². The van der Waals surface area contributed by atoms with E-state index in [4.69, 9.17) is 0 Å². The molecule has 0 amide bonds. The highest BCUT2D eigenvalue weighted by atomic mass is 32.2. The van der Waals surface area contributed by atoms with Crippen molar-refractivity contribution >= 4 is 114 Å². The van der Waals surface area contributed by atoms with Crippen molar-refractivity contribution in [2.75, 3.05) is 0 Å². The van der Waals surface area contributed by atoms with Crippen molar-refractivity contribution in [3.63, 3.8) is 0 Å². The zero-order chi connectivity index (χ0) is 61.2. The van der Waals surface area contributed by atoms with Gasteiger partial charge in [-0.05, 0) is 194 Å². The van der Waals surface area contributed by atoms with E-state index in [0.29, 0.717) is 0 Å². The van der Waals surface area contributed by atoms with Crippen molar-refractivity contribution in [1.82, 2.24) is 79.7 Å². The molecule has 92 heavy (non-hydrogen) atoms. The zero-order valence-electron chi connectivity index (χ0n) is 48.3. The molecule has 0 unspecified atom stereocenters. The fourth-order valence-corrected chi connectivity index (χ4v) is 7.83. The third kappa shape index (κ3) is 23.5. The topological polar surface area (TPSA) is 418 Å². The Kier molecular flexibility index (Phi) is 31.8. The van der Waals surface area contributed by atoms with Crippen LogP contribution in [-0.4, -0.2) is 123 Å². The molecule has 0 spiro atoms. The van der Waals surface area contributed by atoms with Crippen LogP contribution < -0.4 is 0 Å². The Bertz CT molecular complexity index is 3580. The molecule has 0 saturated carbocycles. The Morgan fingerprint density at radius 2 is 0.250 bits per heavy atom. The van der Waals surface area contributed by atoms with Crippen molar-refractivity contribution in [1.29, 1.82) is 0 Å². The van der Waals surface area contributed by atoms with E-state index < -0.39 is 25.9 Å². The quantitative estimate of drug-likeness (QED) is 0.135. The number of fused-ring (bicyclic) bond motifs is 8. The molecule has 0 fully saturated rings. The molecule has 0 aromatic carbocycles. The molecule has 16 aromatic rings. The molecule has 0 bridgehead atoms. The lowest BCUT2D eigenvalue weighted by molar-refractivity contribution is 0.274. The number of carbonyl (C=O) groups excluding carboxylic acids is 1. The van der Waals surface area contributed by atoms with Crippen molar-refractivity contribution in [3.05, 3.63) is 293 Å². The summed E-state index contributed by atoms with van der Waals surface area (Å²) in [6, 6.07) is 61.3. The first-order valence-corrected chi connectivity index (χ1v) is 28.7. The van der Waals surface area contributed by atoms with Gasteiger partial charge in [-0.1, -0.05) is 0 Å². The molecule has 0 aliphatic carbocycles. The summed E-state index contributed by atoms with van der Waals surface area (Å²) >= 11 is 0. The highest BCUT2D eigenvalue weighted by Crippen LogP contribution is 2.10. The number of rotatable bonds is 0. The molecule has 0 atom stereocenters. The van der Waals surface area contributed by atoms with E-state index in [1.165, 1.54) is 0 Å². The van der Waals surface area contributed by atoms with Crippen molar-refractivity contribution in [3.8, 4) is 0 Å². The van der Waals surface area contributed by atoms with Gasteiger partial charge in [0.05, 0.1) is 88.3 Å². The molecule has 0 radical (unpaired) electrons. The summed E-state index contributed by atoms with van der Waals surface area (Å²) < 4.78 is 36.0. The van der Waals surface area contributed by atoms with Crippen LogP contribution in [0.25, 0.3) is 88.3 Å². The van der Waals surface area contributed by atoms with Crippen molar-refractivity contribution in [2.24, 2.45) is 0 Å². The lowest BCUT2D eigenvalue weighted by Gasteiger charge is -1.90. The SMILES string of the molecule is O.O.O.O.O=C([SH](=O)=O)[SH](=O)=O.c1cnc2cccnc2c1.c1cnc2cccnc2c1.c1cnc2cccnc2c1.c1cnc2cccnc2c1.c1cnc2cccnc2c1.c1cnc2cccnc2c1.c1cnc2cccnc2c1.c1cnc2cccnc2c1. The van der Waals surface area contributed by atoms with E-state index in [1.54, 1.807) is 99.1 Å². The molecule has 27 heteroatoms. The molecule has 8 N–H and O–H groups in total. The van der Waals surface area contributed by atoms with Gasteiger partial charge in [0.25, 0.3) is 0 Å². The first-order valence-electron chi connectivity index (χ1n) is 26.4. The molecule has 0 saturated heterocycles. The number of pyridine rings is 16. The zero-order valence-corrected chi connectivity index (χ0v) is 50.1. The first kappa shape index (κ1) is 72.4. The Morgan fingerprint density at radius 3 is 0.304 bits per heavy atom. The normalized spacial score (nSPS) is 9.59. The summed E-state index contributed by atoms with van der Waals surface area (Å²) in [5.41, 5.74) is 15.2. The van der Waals surface area contributed by atoms with Gasteiger partial charge in [-0.3, -0.25) is 84.5 Å². The van der Waals surface area contributed by atoms with Gasteiger partial charge in [-0.25, -0.2) is 16.8 Å². The predicted octanol–water partition coefficient (Wildman–Crippen LogP) is 8.07. The summed E-state index contributed by atoms with van der Waals surface area (Å²) in [5.74, 6) is 0. The van der Waals surface area contributed by atoms with E-state index in [-0.39, 0.29) is 21.9 Å². The van der Waals surface area contributed by atoms with E-state index in [9.17, 15) is 21.6 Å². The van der Waals surface area contributed by atoms with Crippen LogP contribution in [0.5, 0.6) is 0 Å². The largest absolute Gasteiger partial charge is 0.412 e. The van der Waals surface area contributed by atoms with Crippen LogP contribution in [-0.2, 0) is 21.4 Å². The molecule has 0 aliphatic rings. The van der Waals surface area contributed by atoms with Gasteiger partial charge in [0.2, 0.25) is 21.4 Å². The van der Waals surface area contributed by atoms with Crippen LogP contribution in [0.2, 0.25) is 0 Å². The van der Waals surface area contributed by atoms with Gasteiger partial charge in [-0.15, -0.1) is 0 Å². The van der Waals surface area contributed by atoms with Crippen LogP contribution in [0.1, 0.15) is 0 Å². The highest BCUT2D eigenvalue weighted by molar-refractivity contribution is 8.15. The van der Waals surface area contributed by atoms with E-state index >= 15 is 0 Å². The number of nitrogens with zero attached hydrogens (tertiary/aromatic N) is 16. The van der Waals surface area contributed by atoms with Crippen molar-refractivity contribution in [2.45, 2.75) is 0 Å². The molecular weight excluding hydrogens is 1210 g/mol. The van der Waals surface area contributed by atoms with Crippen LogP contribution >= 0.6 is 0 Å². The number of aromatic nitrogens is 16. The molecular formula is C65H58N16O9S2. The maximum Gasteiger partial charge on any atom is 0.354 e. The molecule has 0 aliphatic heterocycles. The van der Waals surface area contributed by atoms with Crippen molar-refractivity contribution < 1.29 is 43.5 Å². The van der Waals surface area contributed by atoms with Gasteiger partial charge in [-0.2, -0.15) is 0 Å². The smallest absolute Gasteiger partial charge is 0.354 e. The first-order chi connectivity index (χ1) is 43.3. The van der Waals surface area contributed by atoms with Crippen LogP contribution in [0, 0.1) is 0 Å². The lowest BCUT2D eigenvalue weighted by Crippen LogP contribution is -1.96. The molecule has 16 heterocycles. The second-order valence-corrected chi connectivity index (χ2v) is 19.4. The summed E-state index contributed by atoms with van der Waals surface area (Å²) in [7, 11) is -6.87. The third-order valence-corrected chi connectivity index (χ3v) is 12.9. The number of hydrogen-bond donors (Lipinski definition) is 2. The second kappa shape index (κ2) is 40.4. The Labute approximate surface area is 528 Å².